The summed E-state index contributed by atoms with van der Waals surface area (Å²) in [7, 11) is 0. The fourth-order valence-corrected chi connectivity index (χ4v) is 1.63. The number of benzene rings is 2. The molecule has 0 bridgehead atoms. The SMILES string of the molecule is CCC#Cc1ccccc1C#Cc1ccccc1N. The summed E-state index contributed by atoms with van der Waals surface area (Å²) in [6.45, 7) is 2.03. The van der Waals surface area contributed by atoms with E-state index in [1.165, 1.54) is 0 Å². The van der Waals surface area contributed by atoms with Gasteiger partial charge in [-0.1, -0.05) is 54.9 Å². The highest BCUT2D eigenvalue weighted by Gasteiger charge is 1.95. The van der Waals surface area contributed by atoms with Crippen LogP contribution in [-0.4, -0.2) is 0 Å². The minimum Gasteiger partial charge on any atom is -0.398 e. The predicted molar refractivity (Wildman–Crippen MR) is 80.4 cm³/mol. The summed E-state index contributed by atoms with van der Waals surface area (Å²) < 4.78 is 0. The third-order valence-electron chi connectivity index (χ3n) is 2.62. The smallest absolute Gasteiger partial charge is 0.0478 e. The zero-order valence-electron chi connectivity index (χ0n) is 10.9. The van der Waals surface area contributed by atoms with Crippen LogP contribution in [0.25, 0.3) is 0 Å². The first-order valence-electron chi connectivity index (χ1n) is 6.25. The fraction of sp³-hybridized carbons (Fsp3) is 0.111. The Bertz CT molecular complexity index is 691. The van der Waals surface area contributed by atoms with Crippen molar-refractivity contribution in [1.29, 1.82) is 0 Å². The van der Waals surface area contributed by atoms with Crippen LogP contribution in [0, 0.1) is 23.7 Å². The molecule has 19 heavy (non-hydrogen) atoms. The highest BCUT2D eigenvalue weighted by atomic mass is 14.5. The molecule has 0 saturated carbocycles. The second-order valence-electron chi connectivity index (χ2n) is 4.04. The van der Waals surface area contributed by atoms with Crippen molar-refractivity contribution in [1.82, 2.24) is 0 Å². The summed E-state index contributed by atoms with van der Waals surface area (Å²) in [6, 6.07) is 15.5. The fourth-order valence-electron chi connectivity index (χ4n) is 1.63. The molecule has 2 aromatic carbocycles. The van der Waals surface area contributed by atoms with Crippen molar-refractivity contribution in [3.63, 3.8) is 0 Å². The molecule has 1 nitrogen and oxygen atoms in total. The molecule has 0 aromatic heterocycles. The maximum absolute atomic E-state index is 5.87. The van der Waals surface area contributed by atoms with Crippen LogP contribution in [0.4, 0.5) is 5.69 Å². The van der Waals surface area contributed by atoms with Crippen LogP contribution < -0.4 is 5.73 Å². The third-order valence-corrected chi connectivity index (χ3v) is 2.62. The van der Waals surface area contributed by atoms with E-state index in [9.17, 15) is 0 Å². The molecule has 0 unspecified atom stereocenters. The normalized spacial score (nSPS) is 8.89. The van der Waals surface area contributed by atoms with Gasteiger partial charge in [-0.2, -0.15) is 0 Å². The highest BCUT2D eigenvalue weighted by molar-refractivity contribution is 5.59. The van der Waals surface area contributed by atoms with Crippen LogP contribution in [0.3, 0.4) is 0 Å². The number of nitrogens with two attached hydrogens (primary N) is 1. The molecular formula is C18H15N. The number of rotatable bonds is 0. The zero-order chi connectivity index (χ0) is 13.5. The summed E-state index contributed by atoms with van der Waals surface area (Å²) in [6.07, 6.45) is 0.841. The van der Waals surface area contributed by atoms with E-state index >= 15 is 0 Å². The van der Waals surface area contributed by atoms with Crippen molar-refractivity contribution >= 4 is 5.69 Å². The van der Waals surface area contributed by atoms with Crippen LogP contribution in [0.5, 0.6) is 0 Å². The van der Waals surface area contributed by atoms with E-state index in [1.807, 2.05) is 55.5 Å². The Morgan fingerprint density at radius 1 is 0.789 bits per heavy atom. The molecular weight excluding hydrogens is 230 g/mol. The third kappa shape index (κ3) is 3.41. The Morgan fingerprint density at radius 2 is 1.32 bits per heavy atom. The molecule has 0 aliphatic carbocycles. The number of para-hydroxylation sites is 1. The van der Waals surface area contributed by atoms with Gasteiger partial charge in [-0.05, 0) is 24.3 Å². The van der Waals surface area contributed by atoms with Crippen LogP contribution >= 0.6 is 0 Å². The van der Waals surface area contributed by atoms with Gasteiger partial charge in [0, 0.05) is 28.8 Å². The van der Waals surface area contributed by atoms with Gasteiger partial charge >= 0.3 is 0 Å². The van der Waals surface area contributed by atoms with Crippen molar-refractivity contribution in [2.24, 2.45) is 0 Å². The average Bonchev–Trinajstić information content (AvgIpc) is 2.45. The average molecular weight is 245 g/mol. The Morgan fingerprint density at radius 3 is 1.95 bits per heavy atom. The van der Waals surface area contributed by atoms with E-state index in [0.717, 1.165) is 23.1 Å². The van der Waals surface area contributed by atoms with Gasteiger partial charge in [-0.15, -0.1) is 0 Å². The van der Waals surface area contributed by atoms with Gasteiger partial charge in [-0.3, -0.25) is 0 Å². The monoisotopic (exact) mass is 245 g/mol. The molecule has 2 rings (SSSR count). The molecule has 0 atom stereocenters. The van der Waals surface area contributed by atoms with Crippen LogP contribution in [-0.2, 0) is 0 Å². The molecule has 0 radical (unpaired) electrons. The second-order valence-corrected chi connectivity index (χ2v) is 4.04. The zero-order valence-corrected chi connectivity index (χ0v) is 10.9. The first-order chi connectivity index (χ1) is 9.31. The largest absolute Gasteiger partial charge is 0.398 e. The van der Waals surface area contributed by atoms with E-state index in [-0.39, 0.29) is 0 Å². The van der Waals surface area contributed by atoms with E-state index < -0.39 is 0 Å². The summed E-state index contributed by atoms with van der Waals surface area (Å²) in [4.78, 5) is 0. The maximum atomic E-state index is 5.87. The van der Waals surface area contributed by atoms with Crippen molar-refractivity contribution < 1.29 is 0 Å². The molecule has 0 aliphatic rings. The lowest BCUT2D eigenvalue weighted by Gasteiger charge is -1.97. The Kier molecular flexibility index (Phi) is 4.27. The molecule has 1 heteroatoms. The minimum absolute atomic E-state index is 0.701. The molecule has 0 heterocycles. The van der Waals surface area contributed by atoms with Crippen molar-refractivity contribution in [2.75, 3.05) is 5.73 Å². The van der Waals surface area contributed by atoms with E-state index in [4.69, 9.17) is 5.73 Å². The molecule has 0 amide bonds. The quantitative estimate of drug-likeness (QED) is 0.558. The van der Waals surface area contributed by atoms with E-state index in [1.54, 1.807) is 0 Å². The molecule has 0 aliphatic heterocycles. The molecule has 2 N–H and O–H groups in total. The van der Waals surface area contributed by atoms with Crippen molar-refractivity contribution in [3.8, 4) is 23.7 Å². The second kappa shape index (κ2) is 6.34. The van der Waals surface area contributed by atoms with Gasteiger partial charge in [0.2, 0.25) is 0 Å². The number of anilines is 1. The lowest BCUT2D eigenvalue weighted by atomic mass is 10.1. The van der Waals surface area contributed by atoms with E-state index in [0.29, 0.717) is 5.69 Å². The van der Waals surface area contributed by atoms with Gasteiger partial charge < -0.3 is 5.73 Å². The van der Waals surface area contributed by atoms with Gasteiger partial charge in [0.1, 0.15) is 0 Å². The first kappa shape index (κ1) is 12.8. The summed E-state index contributed by atoms with van der Waals surface area (Å²) in [5, 5.41) is 0. The number of nitrogen functional groups attached to an aromatic ring is 1. The van der Waals surface area contributed by atoms with Crippen molar-refractivity contribution in [2.45, 2.75) is 13.3 Å². The van der Waals surface area contributed by atoms with Crippen LogP contribution in [0.1, 0.15) is 30.0 Å². The molecule has 2 aromatic rings. The van der Waals surface area contributed by atoms with Crippen molar-refractivity contribution in [3.05, 3.63) is 65.2 Å². The van der Waals surface area contributed by atoms with E-state index in [2.05, 4.69) is 23.7 Å². The molecule has 92 valence electrons. The molecule has 0 fully saturated rings. The number of hydrogen-bond acceptors (Lipinski definition) is 1. The molecule has 0 saturated heterocycles. The van der Waals surface area contributed by atoms with Gasteiger partial charge in [0.15, 0.2) is 0 Å². The standard InChI is InChI=1S/C18H15N/c1-2-3-8-15-9-4-5-10-16(15)13-14-17-11-6-7-12-18(17)19/h4-7,9-12H,2,19H2,1H3. The van der Waals surface area contributed by atoms with Crippen LogP contribution in [0.15, 0.2) is 48.5 Å². The van der Waals surface area contributed by atoms with Gasteiger partial charge in [0.05, 0.1) is 0 Å². The Labute approximate surface area is 114 Å². The lowest BCUT2D eigenvalue weighted by molar-refractivity contribution is 1.28. The summed E-state index contributed by atoms with van der Waals surface area (Å²) in [5.41, 5.74) is 9.32. The Hall–Kier alpha value is -2.64. The van der Waals surface area contributed by atoms with Crippen LogP contribution in [0.2, 0.25) is 0 Å². The topological polar surface area (TPSA) is 26.0 Å². The summed E-state index contributed by atoms with van der Waals surface area (Å²) in [5.74, 6) is 12.5. The van der Waals surface area contributed by atoms with Gasteiger partial charge in [0.25, 0.3) is 0 Å². The van der Waals surface area contributed by atoms with Gasteiger partial charge in [-0.25, -0.2) is 0 Å². The predicted octanol–water partition coefficient (Wildman–Crippen LogP) is 3.43. The molecule has 0 spiro atoms. The number of hydrogen-bond donors (Lipinski definition) is 1. The summed E-state index contributed by atoms with van der Waals surface area (Å²) >= 11 is 0. The first-order valence-corrected chi connectivity index (χ1v) is 6.25. The Balaban J connectivity index is 2.38. The highest BCUT2D eigenvalue weighted by Crippen LogP contribution is 2.10. The minimum atomic E-state index is 0.701. The lowest BCUT2D eigenvalue weighted by Crippen LogP contribution is -1.89. The maximum Gasteiger partial charge on any atom is 0.0478 e.